The Bertz CT molecular complexity index is 987. The van der Waals surface area contributed by atoms with E-state index in [-0.39, 0.29) is 13.2 Å². The first-order valence-corrected chi connectivity index (χ1v) is 11.2. The number of nitrogens with one attached hydrogen (secondary N) is 1. The van der Waals surface area contributed by atoms with Gasteiger partial charge in [0.2, 0.25) is 0 Å². The molecule has 2 aromatic heterocycles. The second-order valence-electron chi connectivity index (χ2n) is 6.57. The zero-order valence-corrected chi connectivity index (χ0v) is 18.0. The van der Waals surface area contributed by atoms with Crippen molar-refractivity contribution >= 4 is 33.5 Å². The van der Waals surface area contributed by atoms with Crippen LogP contribution in [0.25, 0.3) is 11.2 Å². The summed E-state index contributed by atoms with van der Waals surface area (Å²) in [5, 5.41) is 23.5. The maximum atomic E-state index is 10.7. The summed E-state index contributed by atoms with van der Waals surface area (Å²) < 4.78 is 37.5. The number of fused-ring (bicyclic) bond motifs is 1. The lowest BCUT2D eigenvalue weighted by molar-refractivity contribution is -0.0476. The van der Waals surface area contributed by atoms with Gasteiger partial charge in [-0.3, -0.25) is 4.57 Å². The van der Waals surface area contributed by atoms with E-state index < -0.39 is 41.0 Å². The number of rotatable bonds is 10. The van der Waals surface area contributed by atoms with Gasteiger partial charge in [-0.2, -0.15) is 0 Å². The molecule has 0 aromatic carbocycles. The first-order chi connectivity index (χ1) is 14.8. The zero-order valence-electron chi connectivity index (χ0n) is 16.2. The molecule has 1 saturated heterocycles. The SMILES string of the molecule is C/C(=C\CNc1ncnc2c1ncn2[C@@H]1O[C@H](CO[P+](=O)O)[C@@H](O)[C@H]1O)CO[P+](=O)O. The van der Waals surface area contributed by atoms with E-state index in [2.05, 4.69) is 29.3 Å². The molecule has 1 fully saturated rings. The summed E-state index contributed by atoms with van der Waals surface area (Å²) in [7, 11) is -5.53. The summed E-state index contributed by atoms with van der Waals surface area (Å²) in [6, 6.07) is 0. The molecule has 168 valence electrons. The van der Waals surface area contributed by atoms with Crippen molar-refractivity contribution in [3.05, 3.63) is 24.3 Å². The minimum atomic E-state index is -2.87. The van der Waals surface area contributed by atoms with Crippen LogP contribution < -0.4 is 5.32 Å². The van der Waals surface area contributed by atoms with Gasteiger partial charge >= 0.3 is 16.5 Å². The van der Waals surface area contributed by atoms with Crippen molar-refractivity contribution < 1.29 is 42.9 Å². The van der Waals surface area contributed by atoms with E-state index in [1.165, 1.54) is 17.2 Å². The minimum Gasteiger partial charge on any atom is -0.387 e. The maximum Gasteiger partial charge on any atom is 0.695 e. The molecule has 3 rings (SSSR count). The number of hydrogen-bond donors (Lipinski definition) is 5. The van der Waals surface area contributed by atoms with Gasteiger partial charge in [0.05, 0.1) is 6.33 Å². The van der Waals surface area contributed by atoms with Crippen molar-refractivity contribution in [1.82, 2.24) is 19.5 Å². The lowest BCUT2D eigenvalue weighted by Crippen LogP contribution is -2.33. The summed E-state index contributed by atoms with van der Waals surface area (Å²) in [5.74, 6) is 0.396. The number of ether oxygens (including phenoxy) is 1. The lowest BCUT2D eigenvalue weighted by atomic mass is 10.1. The molecule has 2 unspecified atom stereocenters. The third kappa shape index (κ3) is 5.83. The Kier molecular flexibility index (Phi) is 8.06. The Hall–Kier alpha value is -1.99. The predicted octanol–water partition coefficient (Wildman–Crippen LogP) is 0.136. The Labute approximate surface area is 177 Å². The molecule has 5 N–H and O–H groups in total. The van der Waals surface area contributed by atoms with Gasteiger partial charge in [-0.05, 0) is 12.5 Å². The number of hydrogen-bond acceptors (Lipinski definition) is 11. The number of nitrogens with zero attached hydrogens (tertiary/aromatic N) is 4. The average molecular weight is 477 g/mol. The van der Waals surface area contributed by atoms with E-state index in [1.807, 2.05) is 0 Å². The van der Waals surface area contributed by atoms with Gasteiger partial charge in [0.25, 0.3) is 0 Å². The minimum absolute atomic E-state index is 0.00976. The topological polar surface area (TPSA) is 198 Å². The summed E-state index contributed by atoms with van der Waals surface area (Å²) in [6.07, 6.45) is -0.360. The quantitative estimate of drug-likeness (QED) is 0.229. The third-order valence-corrected chi connectivity index (χ3v) is 5.16. The van der Waals surface area contributed by atoms with Gasteiger partial charge < -0.3 is 20.3 Å². The van der Waals surface area contributed by atoms with Crippen LogP contribution >= 0.6 is 16.5 Å². The fraction of sp³-hybridized carbons (Fsp3) is 0.533. The van der Waals surface area contributed by atoms with Crippen molar-refractivity contribution in [2.24, 2.45) is 0 Å². The molecule has 1 aliphatic heterocycles. The summed E-state index contributed by atoms with van der Waals surface area (Å²) in [6.45, 7) is 1.70. The molecule has 1 aliphatic rings. The Morgan fingerprint density at radius 1 is 1.23 bits per heavy atom. The molecule has 6 atom stereocenters. The smallest absolute Gasteiger partial charge is 0.387 e. The molecule has 14 nitrogen and oxygen atoms in total. The summed E-state index contributed by atoms with van der Waals surface area (Å²) >= 11 is 0. The van der Waals surface area contributed by atoms with Crippen LogP contribution in [0.4, 0.5) is 5.82 Å². The molecular formula is C15H21N5O9P2+2. The number of anilines is 1. The van der Waals surface area contributed by atoms with Gasteiger partial charge in [-0.1, -0.05) is 6.08 Å². The zero-order chi connectivity index (χ0) is 22.5. The number of aliphatic hydroxyl groups excluding tert-OH is 2. The maximum absolute atomic E-state index is 10.7. The van der Waals surface area contributed by atoms with E-state index in [1.54, 1.807) is 13.0 Å². The van der Waals surface area contributed by atoms with Crippen molar-refractivity contribution in [2.75, 3.05) is 25.1 Å². The van der Waals surface area contributed by atoms with Crippen LogP contribution in [0.3, 0.4) is 0 Å². The first kappa shape index (κ1) is 23.7. The van der Waals surface area contributed by atoms with Gasteiger partial charge in [-0.15, -0.1) is 18.8 Å². The highest BCUT2D eigenvalue weighted by Crippen LogP contribution is 2.33. The van der Waals surface area contributed by atoms with E-state index >= 15 is 0 Å². The molecule has 0 saturated carbocycles. The molecule has 2 aromatic rings. The van der Waals surface area contributed by atoms with Gasteiger partial charge in [0.15, 0.2) is 23.2 Å². The van der Waals surface area contributed by atoms with E-state index in [9.17, 15) is 19.3 Å². The third-order valence-electron chi connectivity index (χ3n) is 4.44. The van der Waals surface area contributed by atoms with Crippen LogP contribution in [0, 0.1) is 0 Å². The van der Waals surface area contributed by atoms with Crippen molar-refractivity contribution in [3.63, 3.8) is 0 Å². The fourth-order valence-electron chi connectivity index (χ4n) is 2.94. The molecule has 0 aliphatic carbocycles. The molecule has 31 heavy (non-hydrogen) atoms. The van der Waals surface area contributed by atoms with Crippen LogP contribution in [0.5, 0.6) is 0 Å². The second-order valence-corrected chi connectivity index (χ2v) is 8.04. The monoisotopic (exact) mass is 477 g/mol. The molecule has 16 heteroatoms. The highest BCUT2D eigenvalue weighted by Gasteiger charge is 2.45. The summed E-state index contributed by atoms with van der Waals surface area (Å²) in [5.41, 5.74) is 1.44. The molecule has 0 spiro atoms. The predicted molar refractivity (Wildman–Crippen MR) is 105 cm³/mol. The van der Waals surface area contributed by atoms with Crippen molar-refractivity contribution in [2.45, 2.75) is 31.5 Å². The van der Waals surface area contributed by atoms with Crippen LogP contribution in [-0.2, 0) is 22.9 Å². The average Bonchev–Trinajstić information content (AvgIpc) is 3.27. The molecule has 0 amide bonds. The largest absolute Gasteiger partial charge is 0.695 e. The van der Waals surface area contributed by atoms with Gasteiger partial charge in [-0.25, -0.2) is 15.0 Å². The van der Waals surface area contributed by atoms with E-state index in [4.69, 9.17) is 14.5 Å². The Morgan fingerprint density at radius 3 is 2.68 bits per heavy atom. The highest BCUT2D eigenvalue weighted by molar-refractivity contribution is 7.32. The highest BCUT2D eigenvalue weighted by atomic mass is 31.1. The lowest BCUT2D eigenvalue weighted by Gasteiger charge is -2.16. The standard InChI is InChI=1S/C15H19N5O9P2/c1-8(4-27-30(23)24)2-3-16-13-10-14(18-6-17-13)20(7-19-10)15-12(22)11(21)9(29-15)5-28-31(25)26/h2,6-7,9,11-12,15,21-22H,3-5H2,1H3,(H-2,16,17,18,23,24,25,26)/p+2/b8-2+/t9-,11-,12-,15-/m1/s1. The van der Waals surface area contributed by atoms with Gasteiger partial charge in [0, 0.05) is 15.7 Å². The Morgan fingerprint density at radius 2 is 1.97 bits per heavy atom. The van der Waals surface area contributed by atoms with Crippen LogP contribution in [0.15, 0.2) is 24.3 Å². The molecule has 3 heterocycles. The van der Waals surface area contributed by atoms with E-state index in [0.29, 0.717) is 23.5 Å². The first-order valence-electron chi connectivity index (χ1n) is 8.94. The molecule has 0 bridgehead atoms. The normalized spacial score (nSPS) is 25.1. The molecular weight excluding hydrogens is 456 g/mol. The van der Waals surface area contributed by atoms with E-state index in [0.717, 1.165) is 5.57 Å². The number of aromatic nitrogens is 4. The van der Waals surface area contributed by atoms with Crippen LogP contribution in [0.1, 0.15) is 13.2 Å². The van der Waals surface area contributed by atoms with Crippen molar-refractivity contribution in [1.29, 1.82) is 0 Å². The van der Waals surface area contributed by atoms with Crippen LogP contribution in [-0.4, -0.2) is 77.6 Å². The Balaban J connectivity index is 1.72. The fourth-order valence-corrected chi connectivity index (χ4v) is 3.53. The second kappa shape index (κ2) is 10.6. The molecule has 0 radical (unpaired) electrons. The van der Waals surface area contributed by atoms with Crippen molar-refractivity contribution in [3.8, 4) is 0 Å². The van der Waals surface area contributed by atoms with Gasteiger partial charge in [0.1, 0.15) is 37.9 Å². The van der Waals surface area contributed by atoms with Crippen LogP contribution in [0.2, 0.25) is 0 Å². The number of aliphatic hydroxyl groups is 2. The summed E-state index contributed by atoms with van der Waals surface area (Å²) in [4.78, 5) is 30.0. The number of imidazole rings is 1.